The van der Waals surface area contributed by atoms with E-state index < -0.39 is 16.8 Å². The molecule has 132 valence electrons. The van der Waals surface area contributed by atoms with Crippen molar-refractivity contribution in [2.45, 2.75) is 37.6 Å². The van der Waals surface area contributed by atoms with Gasteiger partial charge in [-0.3, -0.25) is 0 Å². The molecule has 0 amide bonds. The molecule has 0 fully saturated rings. The standard InChI is InChI=1S/C24H18O3/c1-22(25)10-4-6-12-18-16(10)17-11(22)5-7-13-19(17)21-15(24(13,3)27)9-8-14(20(18)21)23(12,2)26/h4-9,25-27H,1-3H3. The van der Waals surface area contributed by atoms with E-state index in [-0.39, 0.29) is 0 Å². The van der Waals surface area contributed by atoms with Crippen LogP contribution >= 0.6 is 0 Å². The predicted octanol–water partition coefficient (Wildman–Crippen LogP) is 3.85. The van der Waals surface area contributed by atoms with Crippen LogP contribution in [0.4, 0.5) is 0 Å². The molecule has 3 N–H and O–H groups in total. The van der Waals surface area contributed by atoms with Gasteiger partial charge >= 0.3 is 0 Å². The van der Waals surface area contributed by atoms with E-state index in [9.17, 15) is 15.3 Å². The van der Waals surface area contributed by atoms with Gasteiger partial charge in [-0.15, -0.1) is 0 Å². The highest BCUT2D eigenvalue weighted by Crippen LogP contribution is 2.61. The van der Waals surface area contributed by atoms with Crippen LogP contribution < -0.4 is 0 Å². The van der Waals surface area contributed by atoms with Gasteiger partial charge in [-0.25, -0.2) is 0 Å². The van der Waals surface area contributed by atoms with Crippen LogP contribution in [0.15, 0.2) is 36.4 Å². The largest absolute Gasteiger partial charge is 0.381 e. The maximum absolute atomic E-state index is 11.4. The monoisotopic (exact) mass is 354 g/mol. The first-order valence-electron chi connectivity index (χ1n) is 9.40. The van der Waals surface area contributed by atoms with E-state index in [1.165, 1.54) is 0 Å². The Morgan fingerprint density at radius 3 is 0.704 bits per heavy atom. The van der Waals surface area contributed by atoms with E-state index >= 15 is 0 Å². The molecule has 4 aromatic rings. The molecule has 0 bridgehead atoms. The average Bonchev–Trinajstić information content (AvgIpc) is 3.10. The lowest BCUT2D eigenvalue weighted by Gasteiger charge is -2.23. The molecule has 0 spiro atoms. The summed E-state index contributed by atoms with van der Waals surface area (Å²) in [5, 5.41) is 40.4. The van der Waals surface area contributed by atoms with Gasteiger partial charge < -0.3 is 15.3 Å². The summed E-state index contributed by atoms with van der Waals surface area (Å²) in [7, 11) is 0. The van der Waals surface area contributed by atoms with Crippen molar-refractivity contribution in [2.75, 3.05) is 0 Å². The Morgan fingerprint density at radius 1 is 0.407 bits per heavy atom. The third kappa shape index (κ3) is 1.17. The number of benzene rings is 4. The minimum absolute atomic E-state index is 0.885. The number of hydrogen-bond acceptors (Lipinski definition) is 3. The number of aliphatic hydroxyl groups is 3. The summed E-state index contributed by atoms with van der Waals surface area (Å²) < 4.78 is 0. The Kier molecular flexibility index (Phi) is 1.95. The fourth-order valence-electron chi connectivity index (χ4n) is 6.24. The van der Waals surface area contributed by atoms with E-state index in [4.69, 9.17) is 0 Å². The lowest BCUT2D eigenvalue weighted by molar-refractivity contribution is 0.105. The molecule has 3 heteroatoms. The van der Waals surface area contributed by atoms with Gasteiger partial charge in [-0.2, -0.15) is 0 Å². The van der Waals surface area contributed by atoms with E-state index in [0.29, 0.717) is 0 Å². The summed E-state index contributed by atoms with van der Waals surface area (Å²) in [6, 6.07) is 11.7. The second-order valence-electron chi connectivity index (χ2n) is 8.95. The van der Waals surface area contributed by atoms with Crippen molar-refractivity contribution in [3.63, 3.8) is 0 Å². The zero-order chi connectivity index (χ0) is 18.7. The highest BCUT2D eigenvalue weighted by molar-refractivity contribution is 6.34. The van der Waals surface area contributed by atoms with Gasteiger partial charge in [0.1, 0.15) is 16.8 Å². The molecule has 27 heavy (non-hydrogen) atoms. The second kappa shape index (κ2) is 3.61. The van der Waals surface area contributed by atoms with Crippen molar-refractivity contribution in [1.82, 2.24) is 0 Å². The van der Waals surface area contributed by atoms with Gasteiger partial charge in [-0.1, -0.05) is 36.4 Å². The minimum atomic E-state index is -1.08. The topological polar surface area (TPSA) is 60.7 Å². The van der Waals surface area contributed by atoms with Crippen molar-refractivity contribution in [2.24, 2.45) is 0 Å². The van der Waals surface area contributed by atoms with Gasteiger partial charge in [0.25, 0.3) is 0 Å². The van der Waals surface area contributed by atoms with Crippen molar-refractivity contribution >= 4 is 32.3 Å². The summed E-state index contributed by atoms with van der Waals surface area (Å²) >= 11 is 0. The SMILES string of the molecule is CC1(O)c2ccc3c4c2c2c1ccc1c2c2c(ccc(c42)C3(C)O)C1(C)O. The molecule has 0 saturated heterocycles. The van der Waals surface area contributed by atoms with Crippen LogP contribution in [0.3, 0.4) is 0 Å². The third-order valence-electron chi connectivity index (χ3n) is 7.51. The smallest absolute Gasteiger partial charge is 0.113 e. The van der Waals surface area contributed by atoms with Crippen LogP contribution in [-0.2, 0) is 16.8 Å². The van der Waals surface area contributed by atoms with Gasteiger partial charge in [-0.05, 0) is 86.5 Å². The summed E-state index contributed by atoms with van der Waals surface area (Å²) in [4.78, 5) is 0. The molecule has 0 heterocycles. The Balaban J connectivity index is 1.97. The van der Waals surface area contributed by atoms with Crippen LogP contribution in [-0.4, -0.2) is 15.3 Å². The van der Waals surface area contributed by atoms with E-state index in [1.807, 2.05) is 57.2 Å². The molecule has 0 aromatic heterocycles. The quantitative estimate of drug-likeness (QED) is 0.420. The van der Waals surface area contributed by atoms with Crippen molar-refractivity contribution in [1.29, 1.82) is 0 Å². The molecular formula is C24H18O3. The molecule has 3 aliphatic carbocycles. The maximum atomic E-state index is 11.4. The third-order valence-corrected chi connectivity index (χ3v) is 7.51. The Hall–Kier alpha value is -2.46. The number of hydrogen-bond donors (Lipinski definition) is 3. The lowest BCUT2D eigenvalue weighted by Crippen LogP contribution is -2.21. The van der Waals surface area contributed by atoms with Gasteiger partial charge in [0.05, 0.1) is 0 Å². The fourth-order valence-corrected chi connectivity index (χ4v) is 6.24. The van der Waals surface area contributed by atoms with Crippen LogP contribution in [0.2, 0.25) is 0 Å². The van der Waals surface area contributed by atoms with Crippen molar-refractivity contribution < 1.29 is 15.3 Å². The van der Waals surface area contributed by atoms with Crippen LogP contribution in [0.5, 0.6) is 0 Å². The fraction of sp³-hybridized carbons (Fsp3) is 0.250. The van der Waals surface area contributed by atoms with E-state index in [2.05, 4.69) is 0 Å². The maximum Gasteiger partial charge on any atom is 0.113 e. The summed E-state index contributed by atoms with van der Waals surface area (Å²) in [5.41, 5.74) is 2.06. The van der Waals surface area contributed by atoms with E-state index in [0.717, 1.165) is 65.7 Å². The molecule has 3 aliphatic rings. The second-order valence-corrected chi connectivity index (χ2v) is 8.95. The predicted molar refractivity (Wildman–Crippen MR) is 105 cm³/mol. The first-order chi connectivity index (χ1) is 12.7. The summed E-state index contributed by atoms with van der Waals surface area (Å²) in [5.74, 6) is 0. The normalized spacial score (nSPS) is 31.8. The lowest BCUT2D eigenvalue weighted by atomic mass is 9.89. The average molecular weight is 354 g/mol. The number of rotatable bonds is 0. The van der Waals surface area contributed by atoms with Crippen molar-refractivity contribution in [3.8, 4) is 0 Å². The van der Waals surface area contributed by atoms with Gasteiger partial charge in [0.2, 0.25) is 0 Å². The molecule has 0 radical (unpaired) electrons. The molecule has 4 aromatic carbocycles. The van der Waals surface area contributed by atoms with Crippen LogP contribution in [0.25, 0.3) is 32.3 Å². The summed E-state index contributed by atoms with van der Waals surface area (Å²) in [6.07, 6.45) is 0. The zero-order valence-electron chi connectivity index (χ0n) is 15.3. The minimum Gasteiger partial charge on any atom is -0.381 e. The Labute approximate surface area is 155 Å². The van der Waals surface area contributed by atoms with Crippen molar-refractivity contribution in [3.05, 3.63) is 69.8 Å². The molecular weight excluding hydrogens is 336 g/mol. The molecule has 0 unspecified atom stereocenters. The molecule has 7 rings (SSSR count). The molecule has 3 nitrogen and oxygen atoms in total. The molecule has 0 aliphatic heterocycles. The highest BCUT2D eigenvalue weighted by atomic mass is 16.3. The Morgan fingerprint density at radius 2 is 0.556 bits per heavy atom. The molecule has 0 atom stereocenters. The summed E-state index contributed by atoms with van der Waals surface area (Å²) in [6.45, 7) is 5.53. The first-order valence-corrected chi connectivity index (χ1v) is 9.40. The van der Waals surface area contributed by atoms with Gasteiger partial charge in [0, 0.05) is 0 Å². The Bertz CT molecular complexity index is 1130. The first kappa shape index (κ1) is 14.6. The van der Waals surface area contributed by atoms with Crippen LogP contribution in [0, 0.1) is 0 Å². The van der Waals surface area contributed by atoms with Crippen LogP contribution in [0.1, 0.15) is 54.2 Å². The highest BCUT2D eigenvalue weighted by Gasteiger charge is 2.48. The molecule has 0 saturated carbocycles. The van der Waals surface area contributed by atoms with E-state index in [1.54, 1.807) is 0 Å². The van der Waals surface area contributed by atoms with Gasteiger partial charge in [0.15, 0.2) is 0 Å². The zero-order valence-corrected chi connectivity index (χ0v) is 15.3.